The molecule has 1 unspecified atom stereocenters. The Morgan fingerprint density at radius 2 is 1.76 bits per heavy atom. The molecular weight excluding hydrogens is 227 g/mol. The average molecular weight is 244 g/mol. The van der Waals surface area contributed by atoms with E-state index in [0.717, 1.165) is 0 Å². The Morgan fingerprint density at radius 1 is 1.18 bits per heavy atom. The van der Waals surface area contributed by atoms with Gasteiger partial charge in [-0.1, -0.05) is 6.92 Å². The van der Waals surface area contributed by atoms with E-state index in [9.17, 15) is 4.39 Å². The number of hydrogen-bond donors (Lipinski definition) is 1. The molecule has 0 fully saturated rings. The summed E-state index contributed by atoms with van der Waals surface area (Å²) >= 11 is 0. The summed E-state index contributed by atoms with van der Waals surface area (Å²) in [6.45, 7) is 1.66. The van der Waals surface area contributed by atoms with Gasteiger partial charge in [0.25, 0.3) is 0 Å². The summed E-state index contributed by atoms with van der Waals surface area (Å²) in [6.07, 6.45) is 0. The highest BCUT2D eigenvalue weighted by Crippen LogP contribution is 2.41. The number of benzene rings is 1. The second kappa shape index (κ2) is 5.72. The van der Waals surface area contributed by atoms with E-state index in [4.69, 9.17) is 19.3 Å². The Morgan fingerprint density at radius 3 is 2.18 bits per heavy atom. The third kappa shape index (κ3) is 2.44. The third-order valence-electron chi connectivity index (χ3n) is 2.60. The Bertz CT molecular complexity index is 393. The minimum atomic E-state index is -0.621. The molecule has 1 aromatic carbocycles. The highest BCUT2D eigenvalue weighted by Gasteiger charge is 2.23. The van der Waals surface area contributed by atoms with Crippen molar-refractivity contribution in [2.24, 2.45) is 0 Å². The Balaban J connectivity index is 3.45. The monoisotopic (exact) mass is 244 g/mol. The van der Waals surface area contributed by atoms with Gasteiger partial charge in [0.2, 0.25) is 11.6 Å². The summed E-state index contributed by atoms with van der Waals surface area (Å²) in [5.41, 5.74) is 0.546. The Labute approximate surface area is 99.9 Å². The summed E-state index contributed by atoms with van der Waals surface area (Å²) in [7, 11) is 4.16. The fourth-order valence-electron chi connectivity index (χ4n) is 1.62. The van der Waals surface area contributed by atoms with Crippen LogP contribution in [0.5, 0.6) is 17.2 Å². The van der Waals surface area contributed by atoms with Gasteiger partial charge in [-0.05, 0) is 6.07 Å². The fourth-order valence-corrected chi connectivity index (χ4v) is 1.62. The van der Waals surface area contributed by atoms with Crippen LogP contribution in [0.25, 0.3) is 0 Å². The van der Waals surface area contributed by atoms with Gasteiger partial charge in [-0.3, -0.25) is 0 Å². The zero-order valence-electron chi connectivity index (χ0n) is 10.4. The molecule has 0 aromatic heterocycles. The molecule has 0 radical (unpaired) electrons. The van der Waals surface area contributed by atoms with Crippen molar-refractivity contribution in [2.45, 2.75) is 12.8 Å². The second-order valence-electron chi connectivity index (χ2n) is 3.63. The van der Waals surface area contributed by atoms with Gasteiger partial charge in [0.05, 0.1) is 21.3 Å². The molecule has 0 bridgehead atoms. The number of halogens is 1. The molecule has 1 aromatic rings. The molecule has 1 atom stereocenters. The van der Waals surface area contributed by atoms with Crippen LogP contribution in [-0.2, 0) is 0 Å². The molecule has 0 spiro atoms. The van der Waals surface area contributed by atoms with Crippen molar-refractivity contribution in [3.05, 3.63) is 17.4 Å². The first-order valence-corrected chi connectivity index (χ1v) is 5.19. The predicted molar refractivity (Wildman–Crippen MR) is 61.6 cm³/mol. The summed E-state index contributed by atoms with van der Waals surface area (Å²) in [5, 5.41) is 9.14. The highest BCUT2D eigenvalue weighted by molar-refractivity contribution is 5.53. The lowest BCUT2D eigenvalue weighted by Gasteiger charge is -2.18. The Kier molecular flexibility index (Phi) is 4.57. The molecule has 96 valence electrons. The van der Waals surface area contributed by atoms with Crippen molar-refractivity contribution in [2.75, 3.05) is 27.9 Å². The van der Waals surface area contributed by atoms with Crippen molar-refractivity contribution in [3.63, 3.8) is 0 Å². The maximum Gasteiger partial charge on any atom is 0.210 e. The van der Waals surface area contributed by atoms with E-state index in [1.165, 1.54) is 21.3 Å². The molecule has 0 heterocycles. The number of hydrogen-bond acceptors (Lipinski definition) is 4. The lowest BCUT2D eigenvalue weighted by Crippen LogP contribution is -2.06. The molecule has 0 amide bonds. The quantitative estimate of drug-likeness (QED) is 0.860. The lowest BCUT2D eigenvalue weighted by molar-refractivity contribution is 0.266. The van der Waals surface area contributed by atoms with Gasteiger partial charge in [0.1, 0.15) is 0 Å². The van der Waals surface area contributed by atoms with Crippen LogP contribution in [0.3, 0.4) is 0 Å². The van der Waals surface area contributed by atoms with Crippen LogP contribution < -0.4 is 14.2 Å². The van der Waals surface area contributed by atoms with E-state index < -0.39 is 5.82 Å². The standard InChI is InChI=1S/C12H17FO4/c1-7(6-14)8-5-9(15-2)12(17-4)10(13)11(8)16-3/h5,7,14H,6H2,1-4H3. The minimum Gasteiger partial charge on any atom is -0.493 e. The zero-order valence-corrected chi connectivity index (χ0v) is 10.4. The van der Waals surface area contributed by atoms with Crippen LogP contribution in [-0.4, -0.2) is 33.0 Å². The number of ether oxygens (including phenoxy) is 3. The first kappa shape index (κ1) is 13.6. The second-order valence-corrected chi connectivity index (χ2v) is 3.63. The minimum absolute atomic E-state index is 0.00163. The van der Waals surface area contributed by atoms with Gasteiger partial charge < -0.3 is 19.3 Å². The molecule has 17 heavy (non-hydrogen) atoms. The number of aliphatic hydroxyl groups excluding tert-OH is 1. The molecule has 1 rings (SSSR count). The summed E-state index contributed by atoms with van der Waals surface area (Å²) in [6, 6.07) is 1.61. The van der Waals surface area contributed by atoms with Gasteiger partial charge in [-0.15, -0.1) is 0 Å². The van der Waals surface area contributed by atoms with Crippen LogP contribution in [0.15, 0.2) is 6.07 Å². The van der Waals surface area contributed by atoms with Crippen LogP contribution in [0.2, 0.25) is 0 Å². The summed E-state index contributed by atoms with van der Waals surface area (Å²) in [4.78, 5) is 0. The van der Waals surface area contributed by atoms with Crippen molar-refractivity contribution < 1.29 is 23.7 Å². The Hall–Kier alpha value is -1.49. The van der Waals surface area contributed by atoms with Gasteiger partial charge in [0, 0.05) is 18.1 Å². The summed E-state index contributed by atoms with van der Waals surface area (Å²) < 4.78 is 29.1. The van der Waals surface area contributed by atoms with Crippen molar-refractivity contribution in [1.29, 1.82) is 0 Å². The first-order valence-electron chi connectivity index (χ1n) is 5.19. The van der Waals surface area contributed by atoms with Crippen molar-refractivity contribution in [1.82, 2.24) is 0 Å². The molecule has 0 aliphatic heterocycles. The van der Waals surface area contributed by atoms with Gasteiger partial charge >= 0.3 is 0 Å². The van der Waals surface area contributed by atoms with Gasteiger partial charge in [0.15, 0.2) is 11.5 Å². The molecule has 0 saturated heterocycles. The molecule has 0 aliphatic rings. The topological polar surface area (TPSA) is 47.9 Å². The molecule has 0 saturated carbocycles. The maximum absolute atomic E-state index is 14.1. The zero-order chi connectivity index (χ0) is 13.0. The third-order valence-corrected chi connectivity index (χ3v) is 2.60. The van der Waals surface area contributed by atoms with E-state index in [0.29, 0.717) is 5.56 Å². The normalized spacial score (nSPS) is 12.1. The maximum atomic E-state index is 14.1. The number of aliphatic hydroxyl groups is 1. The molecule has 5 heteroatoms. The number of rotatable bonds is 5. The van der Waals surface area contributed by atoms with Gasteiger partial charge in [-0.2, -0.15) is 4.39 Å². The number of methoxy groups -OCH3 is 3. The summed E-state index contributed by atoms with van der Waals surface area (Å²) in [5.74, 6) is -0.521. The molecule has 0 aliphatic carbocycles. The van der Waals surface area contributed by atoms with E-state index in [1.54, 1.807) is 13.0 Å². The van der Waals surface area contributed by atoms with Crippen LogP contribution in [0, 0.1) is 5.82 Å². The fraction of sp³-hybridized carbons (Fsp3) is 0.500. The SMILES string of the molecule is COc1cc(C(C)CO)c(OC)c(F)c1OC. The van der Waals surface area contributed by atoms with Crippen molar-refractivity contribution in [3.8, 4) is 17.2 Å². The van der Waals surface area contributed by atoms with Crippen LogP contribution >= 0.6 is 0 Å². The van der Waals surface area contributed by atoms with Gasteiger partial charge in [-0.25, -0.2) is 0 Å². The lowest BCUT2D eigenvalue weighted by atomic mass is 10.00. The predicted octanol–water partition coefficient (Wildman–Crippen LogP) is 1.95. The van der Waals surface area contributed by atoms with Crippen LogP contribution in [0.4, 0.5) is 4.39 Å². The van der Waals surface area contributed by atoms with Crippen LogP contribution in [0.1, 0.15) is 18.4 Å². The molecule has 1 N–H and O–H groups in total. The van der Waals surface area contributed by atoms with E-state index in [2.05, 4.69) is 0 Å². The average Bonchev–Trinajstić information content (AvgIpc) is 2.36. The molecular formula is C12H17FO4. The highest BCUT2D eigenvalue weighted by atomic mass is 19.1. The molecule has 4 nitrogen and oxygen atoms in total. The largest absolute Gasteiger partial charge is 0.493 e. The first-order chi connectivity index (χ1) is 8.10. The van der Waals surface area contributed by atoms with E-state index in [-0.39, 0.29) is 29.8 Å². The van der Waals surface area contributed by atoms with E-state index >= 15 is 0 Å². The van der Waals surface area contributed by atoms with E-state index in [1.807, 2.05) is 0 Å². The smallest absolute Gasteiger partial charge is 0.210 e. The van der Waals surface area contributed by atoms with Crippen molar-refractivity contribution >= 4 is 0 Å².